The van der Waals surface area contributed by atoms with E-state index in [0.29, 0.717) is 39.5 Å². The van der Waals surface area contributed by atoms with E-state index in [1.165, 1.54) is 0 Å². The van der Waals surface area contributed by atoms with Crippen LogP contribution in [0.4, 0.5) is 0 Å². The van der Waals surface area contributed by atoms with Crippen molar-refractivity contribution in [3.63, 3.8) is 0 Å². The Morgan fingerprint density at radius 2 is 0.881 bits per heavy atom. The van der Waals surface area contributed by atoms with E-state index in [0.717, 1.165) is 22.3 Å². The third-order valence-electron chi connectivity index (χ3n) is 7.38. The van der Waals surface area contributed by atoms with Gasteiger partial charge in [-0.1, -0.05) is 127 Å². The van der Waals surface area contributed by atoms with Gasteiger partial charge in [-0.15, -0.1) is 6.58 Å². The van der Waals surface area contributed by atoms with E-state index in [1.807, 2.05) is 78.9 Å². The van der Waals surface area contributed by atoms with Gasteiger partial charge in [0.15, 0.2) is 0 Å². The highest BCUT2D eigenvalue weighted by Crippen LogP contribution is 2.32. The molecule has 4 aromatic rings. The van der Waals surface area contributed by atoms with Gasteiger partial charge in [0.1, 0.15) is 24.4 Å². The van der Waals surface area contributed by atoms with Gasteiger partial charge in [-0.3, -0.25) is 0 Å². The number of benzene rings is 4. The molecule has 0 saturated carbocycles. The molecule has 1 aliphatic rings. The maximum Gasteiger partial charge on any atom is 0.115 e. The molecule has 42 heavy (non-hydrogen) atoms. The lowest BCUT2D eigenvalue weighted by molar-refractivity contribution is -0.271. The maximum atomic E-state index is 6.72. The van der Waals surface area contributed by atoms with Crippen LogP contribution in [0.1, 0.15) is 28.7 Å². The van der Waals surface area contributed by atoms with Crippen molar-refractivity contribution in [3.05, 3.63) is 156 Å². The lowest BCUT2D eigenvalue weighted by Crippen LogP contribution is -2.61. The van der Waals surface area contributed by atoms with Crippen LogP contribution in [-0.2, 0) is 50.1 Å². The van der Waals surface area contributed by atoms with Crippen LogP contribution in [0.25, 0.3) is 0 Å². The molecule has 5 rings (SSSR count). The summed E-state index contributed by atoms with van der Waals surface area (Å²) in [7, 11) is 0. The van der Waals surface area contributed by atoms with E-state index < -0.39 is 12.2 Å². The molecule has 0 aromatic heterocycles. The topological polar surface area (TPSA) is 46.2 Å². The highest BCUT2D eigenvalue weighted by Gasteiger charge is 2.48. The van der Waals surface area contributed by atoms with Gasteiger partial charge in [-0.05, 0) is 28.7 Å². The average molecular weight is 565 g/mol. The fourth-order valence-electron chi connectivity index (χ4n) is 5.24. The zero-order valence-corrected chi connectivity index (χ0v) is 24.0. The molecule has 0 amide bonds. The average Bonchev–Trinajstić information content (AvgIpc) is 3.05. The van der Waals surface area contributed by atoms with E-state index in [1.54, 1.807) is 0 Å². The van der Waals surface area contributed by atoms with Crippen molar-refractivity contribution in [2.45, 2.75) is 63.4 Å². The summed E-state index contributed by atoms with van der Waals surface area (Å²) in [6.07, 6.45) is 0.663. The highest BCUT2D eigenvalue weighted by molar-refractivity contribution is 5.16. The first-order chi connectivity index (χ1) is 20.8. The van der Waals surface area contributed by atoms with Gasteiger partial charge in [0, 0.05) is 0 Å². The molecular weight excluding hydrogens is 524 g/mol. The summed E-state index contributed by atoms with van der Waals surface area (Å²) >= 11 is 0. The number of rotatable bonds is 15. The van der Waals surface area contributed by atoms with Gasteiger partial charge in [0.05, 0.1) is 39.1 Å². The van der Waals surface area contributed by atoms with Crippen molar-refractivity contribution in [2.24, 2.45) is 0 Å². The molecule has 5 atom stereocenters. The molecule has 5 heteroatoms. The predicted molar refractivity (Wildman–Crippen MR) is 165 cm³/mol. The Balaban J connectivity index is 1.40. The minimum Gasteiger partial charge on any atom is -0.374 e. The van der Waals surface area contributed by atoms with Crippen LogP contribution in [0.2, 0.25) is 0 Å². The fraction of sp³-hybridized carbons (Fsp3) is 0.297. The van der Waals surface area contributed by atoms with Gasteiger partial charge >= 0.3 is 0 Å². The van der Waals surface area contributed by atoms with E-state index >= 15 is 0 Å². The maximum absolute atomic E-state index is 6.72. The molecule has 0 radical (unpaired) electrons. The molecule has 0 bridgehead atoms. The Kier molecular flexibility index (Phi) is 11.5. The molecule has 1 saturated heterocycles. The van der Waals surface area contributed by atoms with Gasteiger partial charge in [0.2, 0.25) is 0 Å². The number of ether oxygens (including phenoxy) is 5. The lowest BCUT2D eigenvalue weighted by Gasteiger charge is -2.46. The fourth-order valence-corrected chi connectivity index (χ4v) is 5.24. The summed E-state index contributed by atoms with van der Waals surface area (Å²) in [5.74, 6) is 0. The summed E-state index contributed by atoms with van der Waals surface area (Å²) in [5, 5.41) is 0. The standard InChI is InChI=1S/C37H40O5/c1-2-15-33-35(39-25-30-18-9-4-10-19-30)37(41-27-32-22-13-6-14-23-32)36(40-26-31-20-11-5-12-21-31)34(42-33)28-38-24-29-16-7-3-8-17-29/h2-14,16-23,33-37H,1,15,24-28H2/t33-,34-,35?,36-,37-/m1/s1. The van der Waals surface area contributed by atoms with E-state index in [-0.39, 0.29) is 18.3 Å². The third-order valence-corrected chi connectivity index (χ3v) is 7.38. The van der Waals surface area contributed by atoms with Gasteiger partial charge < -0.3 is 23.7 Å². The lowest BCUT2D eigenvalue weighted by atomic mass is 9.92. The van der Waals surface area contributed by atoms with Crippen molar-refractivity contribution in [3.8, 4) is 0 Å². The Labute approximate surface area is 249 Å². The predicted octanol–water partition coefficient (Wildman–Crippen LogP) is 7.30. The van der Waals surface area contributed by atoms with Gasteiger partial charge in [-0.25, -0.2) is 0 Å². The SMILES string of the molecule is C=CC[C@H]1O[C@H](COCc2ccccc2)[C@@H](OCc2ccccc2)[C@H](OCc2ccccc2)C1OCc1ccccc1. The van der Waals surface area contributed by atoms with Gasteiger partial charge in [0.25, 0.3) is 0 Å². The summed E-state index contributed by atoms with van der Waals surface area (Å²) < 4.78 is 32.9. The van der Waals surface area contributed by atoms with Crippen LogP contribution < -0.4 is 0 Å². The molecule has 5 nitrogen and oxygen atoms in total. The normalized spacial score (nSPS) is 22.0. The van der Waals surface area contributed by atoms with Crippen LogP contribution in [0, 0.1) is 0 Å². The van der Waals surface area contributed by atoms with E-state index in [9.17, 15) is 0 Å². The Morgan fingerprint density at radius 1 is 0.500 bits per heavy atom. The molecular formula is C37H40O5. The summed E-state index contributed by atoms with van der Waals surface area (Å²) in [6, 6.07) is 40.7. The zero-order valence-electron chi connectivity index (χ0n) is 24.0. The molecule has 1 aliphatic heterocycles. The molecule has 1 fully saturated rings. The minimum atomic E-state index is -0.425. The van der Waals surface area contributed by atoms with Crippen LogP contribution >= 0.6 is 0 Å². The summed E-state index contributed by atoms with van der Waals surface area (Å²) in [5.41, 5.74) is 4.37. The van der Waals surface area contributed by atoms with Crippen molar-refractivity contribution in [2.75, 3.05) is 6.61 Å². The Bertz CT molecular complexity index is 1300. The smallest absolute Gasteiger partial charge is 0.115 e. The summed E-state index contributed by atoms with van der Waals surface area (Å²) in [6.45, 7) is 6.15. The molecule has 0 aliphatic carbocycles. The van der Waals surface area contributed by atoms with Crippen LogP contribution in [0.3, 0.4) is 0 Å². The second-order valence-corrected chi connectivity index (χ2v) is 10.5. The Morgan fingerprint density at radius 3 is 1.31 bits per heavy atom. The van der Waals surface area contributed by atoms with Crippen molar-refractivity contribution >= 4 is 0 Å². The van der Waals surface area contributed by atoms with Crippen molar-refractivity contribution in [1.82, 2.24) is 0 Å². The highest BCUT2D eigenvalue weighted by atomic mass is 16.6. The monoisotopic (exact) mass is 564 g/mol. The van der Waals surface area contributed by atoms with E-state index in [4.69, 9.17) is 23.7 Å². The zero-order chi connectivity index (χ0) is 28.8. The van der Waals surface area contributed by atoms with Crippen LogP contribution in [0.5, 0.6) is 0 Å². The second-order valence-electron chi connectivity index (χ2n) is 10.5. The third kappa shape index (κ3) is 8.71. The minimum absolute atomic E-state index is 0.270. The first kappa shape index (κ1) is 29.9. The van der Waals surface area contributed by atoms with E-state index in [2.05, 4.69) is 55.1 Å². The number of hydrogen-bond acceptors (Lipinski definition) is 5. The van der Waals surface area contributed by atoms with Crippen molar-refractivity contribution < 1.29 is 23.7 Å². The molecule has 218 valence electrons. The van der Waals surface area contributed by atoms with Gasteiger partial charge in [-0.2, -0.15) is 0 Å². The summed E-state index contributed by atoms with van der Waals surface area (Å²) in [4.78, 5) is 0. The van der Waals surface area contributed by atoms with Crippen molar-refractivity contribution in [1.29, 1.82) is 0 Å². The Hall–Kier alpha value is -3.58. The first-order valence-electron chi connectivity index (χ1n) is 14.6. The molecule has 1 heterocycles. The largest absolute Gasteiger partial charge is 0.374 e. The molecule has 0 spiro atoms. The second kappa shape index (κ2) is 16.2. The molecule has 1 unspecified atom stereocenters. The first-order valence-corrected chi connectivity index (χ1v) is 14.6. The quantitative estimate of drug-likeness (QED) is 0.142. The molecule has 0 N–H and O–H groups in total. The molecule has 4 aromatic carbocycles. The number of hydrogen-bond donors (Lipinski definition) is 0. The van der Waals surface area contributed by atoms with Crippen LogP contribution in [-0.4, -0.2) is 37.1 Å². The van der Waals surface area contributed by atoms with Crippen LogP contribution in [0.15, 0.2) is 134 Å².